The molecular weight excluding hydrogens is 270 g/mol. The summed E-state index contributed by atoms with van der Waals surface area (Å²) < 4.78 is 4.94. The average Bonchev–Trinajstić information content (AvgIpc) is 2.72. The number of benzene rings is 2. The highest BCUT2D eigenvalue weighted by atomic mass is 16.5. The topological polar surface area (TPSA) is 75.6 Å². The molecule has 1 amide bonds. The van der Waals surface area contributed by atoms with Crippen molar-refractivity contribution in [2.75, 3.05) is 5.32 Å². The van der Waals surface area contributed by atoms with Crippen molar-refractivity contribution in [3.8, 4) is 5.75 Å². The standard InChI is InChI=1S/C16H13NO4/c1-10(18)21-12-8-6-11(7-9-12)16(20)13-4-2-3-5-14(13)17-15(16)19/h2-9,20H,1H3,(H,17,19). The van der Waals surface area contributed by atoms with E-state index in [0.29, 0.717) is 22.6 Å². The Morgan fingerprint density at radius 1 is 1.14 bits per heavy atom. The highest BCUT2D eigenvalue weighted by Gasteiger charge is 2.46. The first-order valence-corrected chi connectivity index (χ1v) is 6.44. The van der Waals surface area contributed by atoms with Crippen LogP contribution in [-0.4, -0.2) is 17.0 Å². The summed E-state index contributed by atoms with van der Waals surface area (Å²) in [5.41, 5.74) is -0.212. The molecule has 1 aliphatic heterocycles. The van der Waals surface area contributed by atoms with Gasteiger partial charge in [0.2, 0.25) is 0 Å². The number of fused-ring (bicyclic) bond motifs is 1. The predicted octanol–water partition coefficient (Wildman–Crippen LogP) is 1.80. The van der Waals surface area contributed by atoms with Crippen LogP contribution in [0.15, 0.2) is 48.5 Å². The van der Waals surface area contributed by atoms with E-state index in [1.807, 2.05) is 0 Å². The van der Waals surface area contributed by atoms with E-state index in [-0.39, 0.29) is 0 Å². The second-order valence-corrected chi connectivity index (χ2v) is 4.83. The van der Waals surface area contributed by atoms with E-state index >= 15 is 0 Å². The first kappa shape index (κ1) is 13.3. The minimum Gasteiger partial charge on any atom is -0.427 e. The summed E-state index contributed by atoms with van der Waals surface area (Å²) in [6.45, 7) is 1.31. The smallest absolute Gasteiger partial charge is 0.308 e. The SMILES string of the molecule is CC(=O)Oc1ccc(C2(O)C(=O)Nc3ccccc32)cc1. The van der Waals surface area contributed by atoms with E-state index in [9.17, 15) is 14.7 Å². The molecule has 1 heterocycles. The molecule has 0 saturated heterocycles. The van der Waals surface area contributed by atoms with Gasteiger partial charge >= 0.3 is 5.97 Å². The Hall–Kier alpha value is -2.66. The molecule has 0 aliphatic carbocycles. The van der Waals surface area contributed by atoms with Gasteiger partial charge in [0.15, 0.2) is 5.60 Å². The number of carbonyl (C=O) groups is 2. The van der Waals surface area contributed by atoms with Crippen molar-refractivity contribution < 1.29 is 19.4 Å². The quantitative estimate of drug-likeness (QED) is 0.651. The minimum atomic E-state index is -1.73. The lowest BCUT2D eigenvalue weighted by molar-refractivity contribution is -0.132. The van der Waals surface area contributed by atoms with Crippen molar-refractivity contribution in [2.45, 2.75) is 12.5 Å². The fourth-order valence-corrected chi connectivity index (χ4v) is 2.46. The van der Waals surface area contributed by atoms with Crippen molar-refractivity contribution in [1.29, 1.82) is 0 Å². The van der Waals surface area contributed by atoms with E-state index in [1.165, 1.54) is 6.92 Å². The lowest BCUT2D eigenvalue weighted by Crippen LogP contribution is -2.35. The molecule has 1 atom stereocenters. The molecule has 0 fully saturated rings. The lowest BCUT2D eigenvalue weighted by Gasteiger charge is -2.21. The van der Waals surface area contributed by atoms with Crippen LogP contribution >= 0.6 is 0 Å². The van der Waals surface area contributed by atoms with Gasteiger partial charge in [0.1, 0.15) is 5.75 Å². The van der Waals surface area contributed by atoms with Crippen molar-refractivity contribution in [2.24, 2.45) is 0 Å². The van der Waals surface area contributed by atoms with Crippen LogP contribution in [0, 0.1) is 0 Å². The zero-order valence-corrected chi connectivity index (χ0v) is 11.3. The number of anilines is 1. The Morgan fingerprint density at radius 2 is 1.81 bits per heavy atom. The minimum absolute atomic E-state index is 0.363. The normalized spacial score (nSPS) is 19.8. The summed E-state index contributed by atoms with van der Waals surface area (Å²) in [7, 11) is 0. The van der Waals surface area contributed by atoms with Gasteiger partial charge in [-0.2, -0.15) is 0 Å². The van der Waals surface area contributed by atoms with Gasteiger partial charge in [-0.25, -0.2) is 0 Å². The molecule has 0 spiro atoms. The lowest BCUT2D eigenvalue weighted by atomic mass is 9.87. The number of para-hydroxylation sites is 1. The Bertz CT molecular complexity index is 723. The summed E-state index contributed by atoms with van der Waals surface area (Å²) in [6, 6.07) is 13.2. The van der Waals surface area contributed by atoms with E-state index in [0.717, 1.165) is 0 Å². The number of amides is 1. The predicted molar refractivity (Wildman–Crippen MR) is 75.8 cm³/mol. The molecule has 5 nitrogen and oxygen atoms in total. The van der Waals surface area contributed by atoms with Gasteiger partial charge in [0.05, 0.1) is 0 Å². The van der Waals surface area contributed by atoms with Crippen LogP contribution in [0.2, 0.25) is 0 Å². The largest absolute Gasteiger partial charge is 0.427 e. The number of nitrogens with one attached hydrogen (secondary N) is 1. The van der Waals surface area contributed by atoms with Gasteiger partial charge in [-0.3, -0.25) is 9.59 Å². The maximum absolute atomic E-state index is 12.2. The molecule has 3 rings (SSSR count). The summed E-state index contributed by atoms with van der Waals surface area (Å²) in [5, 5.41) is 13.5. The van der Waals surface area contributed by atoms with E-state index in [4.69, 9.17) is 4.74 Å². The van der Waals surface area contributed by atoms with Crippen LogP contribution in [0.25, 0.3) is 0 Å². The zero-order chi connectivity index (χ0) is 15.0. The van der Waals surface area contributed by atoms with Crippen LogP contribution in [0.3, 0.4) is 0 Å². The Labute approximate surface area is 121 Å². The van der Waals surface area contributed by atoms with Gasteiger partial charge in [-0.1, -0.05) is 30.3 Å². The molecule has 2 aromatic rings. The number of esters is 1. The third kappa shape index (κ3) is 2.08. The number of hydrogen-bond donors (Lipinski definition) is 2. The number of carbonyl (C=O) groups excluding carboxylic acids is 2. The molecule has 1 unspecified atom stereocenters. The second kappa shape index (κ2) is 4.71. The van der Waals surface area contributed by atoms with Crippen molar-refractivity contribution in [3.63, 3.8) is 0 Å². The van der Waals surface area contributed by atoms with Gasteiger partial charge < -0.3 is 15.2 Å². The molecule has 0 aromatic heterocycles. The van der Waals surface area contributed by atoms with Crippen LogP contribution in [0.5, 0.6) is 5.75 Å². The first-order valence-electron chi connectivity index (χ1n) is 6.44. The van der Waals surface area contributed by atoms with Gasteiger partial charge in [0, 0.05) is 18.2 Å². The summed E-state index contributed by atoms with van der Waals surface area (Å²) in [4.78, 5) is 23.1. The van der Waals surface area contributed by atoms with Crippen LogP contribution in [0.1, 0.15) is 18.1 Å². The Kier molecular flexibility index (Phi) is 2.99. The number of ether oxygens (including phenoxy) is 1. The van der Waals surface area contributed by atoms with Crippen LogP contribution < -0.4 is 10.1 Å². The third-order valence-corrected chi connectivity index (χ3v) is 3.43. The average molecular weight is 283 g/mol. The van der Waals surface area contributed by atoms with Gasteiger partial charge in [-0.15, -0.1) is 0 Å². The monoisotopic (exact) mass is 283 g/mol. The van der Waals surface area contributed by atoms with E-state index < -0.39 is 17.5 Å². The van der Waals surface area contributed by atoms with Gasteiger partial charge in [0.25, 0.3) is 5.91 Å². The number of rotatable bonds is 2. The van der Waals surface area contributed by atoms with Crippen LogP contribution in [0.4, 0.5) is 5.69 Å². The maximum Gasteiger partial charge on any atom is 0.308 e. The molecular formula is C16H13NO4. The fraction of sp³-hybridized carbons (Fsp3) is 0.125. The molecule has 21 heavy (non-hydrogen) atoms. The van der Waals surface area contributed by atoms with Crippen LogP contribution in [-0.2, 0) is 15.2 Å². The molecule has 2 aromatic carbocycles. The third-order valence-electron chi connectivity index (χ3n) is 3.43. The molecule has 2 N–H and O–H groups in total. The zero-order valence-electron chi connectivity index (χ0n) is 11.3. The highest BCUT2D eigenvalue weighted by molar-refractivity contribution is 6.07. The molecule has 0 radical (unpaired) electrons. The fourth-order valence-electron chi connectivity index (χ4n) is 2.46. The van der Waals surface area contributed by atoms with Crippen molar-refractivity contribution in [3.05, 3.63) is 59.7 Å². The summed E-state index contributed by atoms with van der Waals surface area (Å²) in [5.74, 6) is -0.559. The Balaban J connectivity index is 2.03. The van der Waals surface area contributed by atoms with Crippen molar-refractivity contribution in [1.82, 2.24) is 0 Å². The summed E-state index contributed by atoms with van der Waals surface area (Å²) >= 11 is 0. The highest BCUT2D eigenvalue weighted by Crippen LogP contribution is 2.40. The molecule has 0 bridgehead atoms. The number of aliphatic hydroxyl groups is 1. The second-order valence-electron chi connectivity index (χ2n) is 4.83. The maximum atomic E-state index is 12.2. The van der Waals surface area contributed by atoms with Crippen molar-refractivity contribution >= 4 is 17.6 Å². The van der Waals surface area contributed by atoms with E-state index in [1.54, 1.807) is 48.5 Å². The Morgan fingerprint density at radius 3 is 2.48 bits per heavy atom. The molecule has 0 saturated carbocycles. The summed E-state index contributed by atoms with van der Waals surface area (Å²) in [6.07, 6.45) is 0. The molecule has 106 valence electrons. The molecule has 1 aliphatic rings. The number of hydrogen-bond acceptors (Lipinski definition) is 4. The first-order chi connectivity index (χ1) is 10.0. The molecule has 5 heteroatoms. The van der Waals surface area contributed by atoms with Gasteiger partial charge in [-0.05, 0) is 23.8 Å². The van der Waals surface area contributed by atoms with E-state index in [2.05, 4.69) is 5.32 Å².